The molecule has 11 heteroatoms. The van der Waals surface area contributed by atoms with Crippen LogP contribution in [0, 0.1) is 39.8 Å². The molecule has 0 radical (unpaired) electrons. The van der Waals surface area contributed by atoms with Gasteiger partial charge in [0.15, 0.2) is 5.82 Å². The third-order valence-electron chi connectivity index (χ3n) is 6.76. The van der Waals surface area contributed by atoms with Crippen molar-refractivity contribution in [1.82, 2.24) is 14.7 Å². The van der Waals surface area contributed by atoms with Crippen molar-refractivity contribution in [3.63, 3.8) is 0 Å². The Morgan fingerprint density at radius 3 is 2.56 bits per heavy atom. The van der Waals surface area contributed by atoms with Crippen LogP contribution in [0.4, 0.5) is 20.7 Å². The molecule has 1 saturated carbocycles. The van der Waals surface area contributed by atoms with Gasteiger partial charge in [0.2, 0.25) is 0 Å². The molecule has 2 amide bonds. The second-order valence-electron chi connectivity index (χ2n) is 8.96. The van der Waals surface area contributed by atoms with Gasteiger partial charge < -0.3 is 21.1 Å². The van der Waals surface area contributed by atoms with Crippen molar-refractivity contribution >= 4 is 23.5 Å². The molecule has 4 rings (SSSR count). The van der Waals surface area contributed by atoms with Crippen molar-refractivity contribution in [2.75, 3.05) is 11.9 Å². The molecule has 176 valence electrons. The SMILES string of the molecule is N#CCC1(CC2[C@H](n3cc(C(N)=O)c(Nc4ccc(F)cc4)n3)[C@@H](C#N)CCN2C(=O)O)CC1. The van der Waals surface area contributed by atoms with E-state index in [4.69, 9.17) is 5.73 Å². The molecule has 2 heterocycles. The summed E-state index contributed by atoms with van der Waals surface area (Å²) < 4.78 is 14.7. The summed E-state index contributed by atoms with van der Waals surface area (Å²) in [5, 5.41) is 36.4. The Morgan fingerprint density at radius 2 is 2.00 bits per heavy atom. The van der Waals surface area contributed by atoms with E-state index >= 15 is 0 Å². The number of amides is 2. The van der Waals surface area contributed by atoms with Gasteiger partial charge in [-0.15, -0.1) is 0 Å². The molecule has 3 atom stereocenters. The van der Waals surface area contributed by atoms with Crippen molar-refractivity contribution < 1.29 is 19.1 Å². The molecular formula is C23H24FN7O3. The maximum absolute atomic E-state index is 13.3. The van der Waals surface area contributed by atoms with E-state index in [-0.39, 0.29) is 23.3 Å². The van der Waals surface area contributed by atoms with E-state index in [0.29, 0.717) is 24.9 Å². The first kappa shape index (κ1) is 23.1. The number of benzene rings is 1. The van der Waals surface area contributed by atoms with Gasteiger partial charge in [0.1, 0.15) is 11.4 Å². The number of hydrogen-bond acceptors (Lipinski definition) is 6. The van der Waals surface area contributed by atoms with Crippen LogP contribution in [0.5, 0.6) is 0 Å². The summed E-state index contributed by atoms with van der Waals surface area (Å²) in [4.78, 5) is 25.5. The van der Waals surface area contributed by atoms with Gasteiger partial charge in [0, 0.05) is 24.8 Å². The Labute approximate surface area is 195 Å². The zero-order valence-corrected chi connectivity index (χ0v) is 18.3. The van der Waals surface area contributed by atoms with E-state index < -0.39 is 35.8 Å². The van der Waals surface area contributed by atoms with E-state index in [2.05, 4.69) is 22.6 Å². The van der Waals surface area contributed by atoms with Gasteiger partial charge in [-0.05, 0) is 55.4 Å². The first-order chi connectivity index (χ1) is 16.3. The van der Waals surface area contributed by atoms with Gasteiger partial charge in [-0.3, -0.25) is 9.48 Å². The van der Waals surface area contributed by atoms with Crippen LogP contribution in [0.1, 0.15) is 48.5 Å². The van der Waals surface area contributed by atoms with Crippen molar-refractivity contribution in [2.45, 2.75) is 44.2 Å². The number of carbonyl (C=O) groups excluding carboxylic acids is 1. The smallest absolute Gasteiger partial charge is 0.407 e. The van der Waals surface area contributed by atoms with E-state index in [1.807, 2.05) is 0 Å². The minimum Gasteiger partial charge on any atom is -0.465 e. The number of nitrogens with one attached hydrogen (secondary N) is 1. The lowest BCUT2D eigenvalue weighted by Crippen LogP contribution is -2.52. The van der Waals surface area contributed by atoms with E-state index in [1.54, 1.807) is 0 Å². The molecule has 1 aromatic carbocycles. The number of piperidine rings is 1. The molecule has 2 aromatic rings. The Bertz CT molecular complexity index is 1180. The van der Waals surface area contributed by atoms with Crippen LogP contribution in [0.3, 0.4) is 0 Å². The highest BCUT2D eigenvalue weighted by Crippen LogP contribution is 2.55. The number of anilines is 2. The fourth-order valence-electron chi connectivity index (χ4n) is 4.77. The average molecular weight is 465 g/mol. The number of halogens is 1. The molecule has 1 aromatic heterocycles. The first-order valence-corrected chi connectivity index (χ1v) is 10.9. The highest BCUT2D eigenvalue weighted by Gasteiger charge is 2.51. The lowest BCUT2D eigenvalue weighted by atomic mass is 9.80. The van der Waals surface area contributed by atoms with Crippen LogP contribution >= 0.6 is 0 Å². The number of primary amides is 1. The number of hydrogen-bond donors (Lipinski definition) is 3. The molecule has 1 aliphatic heterocycles. The summed E-state index contributed by atoms with van der Waals surface area (Å²) >= 11 is 0. The number of aromatic nitrogens is 2. The zero-order valence-electron chi connectivity index (χ0n) is 18.3. The lowest BCUT2D eigenvalue weighted by Gasteiger charge is -2.43. The van der Waals surface area contributed by atoms with Gasteiger partial charge in [0.05, 0.1) is 30.1 Å². The summed E-state index contributed by atoms with van der Waals surface area (Å²) in [6.07, 6.45) is 2.99. The zero-order chi connectivity index (χ0) is 24.5. The highest BCUT2D eigenvalue weighted by atomic mass is 19.1. The van der Waals surface area contributed by atoms with Crippen LogP contribution in [-0.2, 0) is 0 Å². The topological polar surface area (TPSA) is 161 Å². The molecule has 1 saturated heterocycles. The Balaban J connectivity index is 1.74. The molecule has 4 N–H and O–H groups in total. The molecule has 1 unspecified atom stereocenters. The predicted molar refractivity (Wildman–Crippen MR) is 118 cm³/mol. The van der Waals surface area contributed by atoms with Crippen molar-refractivity contribution in [3.05, 3.63) is 41.8 Å². The molecule has 0 spiro atoms. The van der Waals surface area contributed by atoms with Gasteiger partial charge in [-0.2, -0.15) is 15.6 Å². The fourth-order valence-corrected chi connectivity index (χ4v) is 4.77. The number of nitrogens with two attached hydrogens (primary N) is 1. The summed E-state index contributed by atoms with van der Waals surface area (Å²) in [5.74, 6) is -1.61. The summed E-state index contributed by atoms with van der Waals surface area (Å²) in [6.45, 7) is 0.196. The van der Waals surface area contributed by atoms with Crippen LogP contribution in [0.25, 0.3) is 0 Å². The largest absolute Gasteiger partial charge is 0.465 e. The normalized spacial score (nSPS) is 22.9. The number of nitriles is 2. The van der Waals surface area contributed by atoms with E-state index in [9.17, 15) is 29.6 Å². The Morgan fingerprint density at radius 1 is 1.29 bits per heavy atom. The Kier molecular flexibility index (Phi) is 6.12. The third kappa shape index (κ3) is 4.50. The number of rotatable bonds is 7. The van der Waals surface area contributed by atoms with Crippen LogP contribution in [0.2, 0.25) is 0 Å². The van der Waals surface area contributed by atoms with Gasteiger partial charge in [-0.25, -0.2) is 9.18 Å². The highest BCUT2D eigenvalue weighted by molar-refractivity contribution is 5.98. The van der Waals surface area contributed by atoms with Gasteiger partial charge in [-0.1, -0.05) is 0 Å². The number of likely N-dealkylation sites (tertiary alicyclic amines) is 1. The summed E-state index contributed by atoms with van der Waals surface area (Å²) in [6, 6.07) is 8.64. The lowest BCUT2D eigenvalue weighted by molar-refractivity contribution is 0.0476. The van der Waals surface area contributed by atoms with Gasteiger partial charge in [0.25, 0.3) is 5.91 Å². The third-order valence-corrected chi connectivity index (χ3v) is 6.76. The van der Waals surface area contributed by atoms with Crippen LogP contribution in [0.15, 0.2) is 30.5 Å². The maximum Gasteiger partial charge on any atom is 0.407 e. The molecule has 34 heavy (non-hydrogen) atoms. The fraction of sp³-hybridized carbons (Fsp3) is 0.435. The molecule has 10 nitrogen and oxygen atoms in total. The number of carbonyl (C=O) groups is 2. The van der Waals surface area contributed by atoms with Crippen LogP contribution < -0.4 is 11.1 Å². The molecule has 2 fully saturated rings. The monoisotopic (exact) mass is 465 g/mol. The number of carboxylic acid groups (broad SMARTS) is 1. The molecule has 1 aliphatic carbocycles. The van der Waals surface area contributed by atoms with Gasteiger partial charge >= 0.3 is 6.09 Å². The Hall–Kier alpha value is -4.12. The van der Waals surface area contributed by atoms with Crippen molar-refractivity contribution in [3.8, 4) is 12.1 Å². The molecule has 2 aliphatic rings. The van der Waals surface area contributed by atoms with E-state index in [0.717, 1.165) is 12.8 Å². The van der Waals surface area contributed by atoms with Crippen molar-refractivity contribution in [2.24, 2.45) is 17.1 Å². The van der Waals surface area contributed by atoms with E-state index in [1.165, 1.54) is 40.0 Å². The minimum absolute atomic E-state index is 0.0605. The standard InChI is InChI=1S/C23H24FN7O3/c24-15-1-3-16(4-2-15)28-21-17(20(27)32)13-31(29-21)19-14(12-26)5-10-30(22(33)34)18(19)11-23(6-7-23)8-9-25/h1-4,13-14,18-19H,5-8,10-11H2,(H2,27,32)(H,28,29)(H,33,34)/t14-,18?,19-/m1/s1. The summed E-state index contributed by atoms with van der Waals surface area (Å²) in [7, 11) is 0. The number of nitrogens with zero attached hydrogens (tertiary/aromatic N) is 5. The summed E-state index contributed by atoms with van der Waals surface area (Å²) in [5.41, 5.74) is 5.82. The molecule has 0 bridgehead atoms. The average Bonchev–Trinajstić information content (AvgIpc) is 3.42. The predicted octanol–water partition coefficient (Wildman–Crippen LogP) is 3.38. The minimum atomic E-state index is -1.11. The quantitative estimate of drug-likeness (QED) is 0.564. The second kappa shape index (κ2) is 9.02. The van der Waals surface area contributed by atoms with Crippen LogP contribution in [-0.4, -0.2) is 44.4 Å². The second-order valence-corrected chi connectivity index (χ2v) is 8.96. The first-order valence-electron chi connectivity index (χ1n) is 10.9. The maximum atomic E-state index is 13.3. The van der Waals surface area contributed by atoms with Crippen molar-refractivity contribution in [1.29, 1.82) is 10.5 Å². The molecular weight excluding hydrogens is 441 g/mol.